The molecular weight excluding hydrogens is 160 g/mol. The van der Waals surface area contributed by atoms with Crippen LogP contribution in [-0.2, 0) is 4.79 Å². The van der Waals surface area contributed by atoms with E-state index in [1.807, 2.05) is 0 Å². The minimum Gasteiger partial charge on any atom is -0.479 e. The van der Waals surface area contributed by atoms with E-state index >= 15 is 0 Å². The van der Waals surface area contributed by atoms with E-state index in [4.69, 9.17) is 5.11 Å². The third kappa shape index (κ3) is 1.11. The highest BCUT2D eigenvalue weighted by molar-refractivity contribution is 5.90. The van der Waals surface area contributed by atoms with Gasteiger partial charge in [-0.05, 0) is 5.92 Å². The molecule has 0 aromatic rings. The Kier molecular flexibility index (Phi) is 1.95. The maximum Gasteiger partial charge on any atom is 0.331 e. The maximum absolute atomic E-state index is 10.9. The van der Waals surface area contributed by atoms with Gasteiger partial charge in [-0.3, -0.25) is 0 Å². The number of nitrogens with one attached hydrogen (secondary N) is 2. The van der Waals surface area contributed by atoms with Gasteiger partial charge in [0, 0.05) is 0 Å². The topological polar surface area (TPSA) is 78.4 Å². The first-order valence-electron chi connectivity index (χ1n) is 3.78. The standard InChI is InChI=1S/C7H12N2O3/c1-4(2)7(5(10)11)3-8-6(12)9-7/h4H,3H2,1-2H3,(H,10,11)(H2,8,9,12). The van der Waals surface area contributed by atoms with Crippen LogP contribution in [0.2, 0.25) is 0 Å². The summed E-state index contributed by atoms with van der Waals surface area (Å²) in [6.45, 7) is 3.68. The molecule has 2 amide bonds. The van der Waals surface area contributed by atoms with Gasteiger partial charge >= 0.3 is 12.0 Å². The van der Waals surface area contributed by atoms with Crippen LogP contribution in [0.5, 0.6) is 0 Å². The molecule has 0 aromatic carbocycles. The minimum absolute atomic E-state index is 0.131. The molecule has 0 saturated carbocycles. The van der Waals surface area contributed by atoms with E-state index in [0.717, 1.165) is 0 Å². The van der Waals surface area contributed by atoms with Crippen LogP contribution in [0, 0.1) is 5.92 Å². The van der Waals surface area contributed by atoms with Crippen molar-refractivity contribution < 1.29 is 14.7 Å². The lowest BCUT2D eigenvalue weighted by atomic mass is 9.87. The number of amides is 2. The first-order valence-corrected chi connectivity index (χ1v) is 3.78. The molecular formula is C7H12N2O3. The van der Waals surface area contributed by atoms with Gasteiger partial charge in [-0.2, -0.15) is 0 Å². The molecule has 0 aliphatic carbocycles. The Hall–Kier alpha value is -1.26. The predicted octanol–water partition coefficient (Wildman–Crippen LogP) is -0.221. The fourth-order valence-electron chi connectivity index (χ4n) is 1.24. The van der Waals surface area contributed by atoms with Gasteiger partial charge in [-0.1, -0.05) is 13.8 Å². The summed E-state index contributed by atoms with van der Waals surface area (Å²) in [5.74, 6) is -1.12. The fraction of sp³-hybridized carbons (Fsp3) is 0.714. The lowest BCUT2D eigenvalue weighted by Gasteiger charge is -2.26. The first kappa shape index (κ1) is 8.83. The smallest absolute Gasteiger partial charge is 0.331 e. The lowest BCUT2D eigenvalue weighted by molar-refractivity contribution is -0.145. The molecule has 1 fully saturated rings. The van der Waals surface area contributed by atoms with E-state index < -0.39 is 17.5 Å². The van der Waals surface area contributed by atoms with Crippen molar-refractivity contribution in [1.82, 2.24) is 10.6 Å². The molecule has 1 aliphatic heterocycles. The van der Waals surface area contributed by atoms with Crippen molar-refractivity contribution in [3.8, 4) is 0 Å². The number of urea groups is 1. The summed E-state index contributed by atoms with van der Waals surface area (Å²) in [7, 11) is 0. The minimum atomic E-state index is -1.13. The van der Waals surface area contributed by atoms with Crippen molar-refractivity contribution in [2.24, 2.45) is 5.92 Å². The second-order valence-corrected chi connectivity index (χ2v) is 3.24. The molecule has 1 aliphatic rings. The summed E-state index contributed by atoms with van der Waals surface area (Å²) < 4.78 is 0. The highest BCUT2D eigenvalue weighted by atomic mass is 16.4. The van der Waals surface area contributed by atoms with Crippen LogP contribution >= 0.6 is 0 Å². The molecule has 1 saturated heterocycles. The van der Waals surface area contributed by atoms with E-state index in [0.29, 0.717) is 0 Å². The average Bonchev–Trinajstić information content (AvgIpc) is 2.32. The van der Waals surface area contributed by atoms with Crippen molar-refractivity contribution in [2.45, 2.75) is 19.4 Å². The molecule has 1 rings (SSSR count). The predicted molar refractivity (Wildman–Crippen MR) is 41.7 cm³/mol. The van der Waals surface area contributed by atoms with Crippen LogP contribution in [0.15, 0.2) is 0 Å². The van der Waals surface area contributed by atoms with Gasteiger partial charge in [0.1, 0.15) is 0 Å². The van der Waals surface area contributed by atoms with Crippen molar-refractivity contribution >= 4 is 12.0 Å². The van der Waals surface area contributed by atoms with Crippen molar-refractivity contribution in [3.63, 3.8) is 0 Å². The zero-order chi connectivity index (χ0) is 9.35. The number of carbonyl (C=O) groups is 2. The Balaban J connectivity index is 2.89. The number of rotatable bonds is 2. The average molecular weight is 172 g/mol. The Morgan fingerprint density at radius 3 is 2.42 bits per heavy atom. The molecule has 3 N–H and O–H groups in total. The van der Waals surface area contributed by atoms with Crippen LogP contribution in [0.3, 0.4) is 0 Å². The number of hydrogen-bond acceptors (Lipinski definition) is 2. The summed E-state index contributed by atoms with van der Waals surface area (Å²) in [6, 6.07) is -0.411. The SMILES string of the molecule is CC(C)C1(C(=O)O)CNC(=O)N1. The van der Waals surface area contributed by atoms with Gasteiger partial charge in [-0.15, -0.1) is 0 Å². The highest BCUT2D eigenvalue weighted by Gasteiger charge is 2.47. The van der Waals surface area contributed by atoms with Gasteiger partial charge in [-0.25, -0.2) is 9.59 Å². The van der Waals surface area contributed by atoms with Crippen molar-refractivity contribution in [2.75, 3.05) is 6.54 Å². The Morgan fingerprint density at radius 2 is 2.25 bits per heavy atom. The Morgan fingerprint density at radius 1 is 1.67 bits per heavy atom. The second-order valence-electron chi connectivity index (χ2n) is 3.24. The lowest BCUT2D eigenvalue weighted by Crippen LogP contribution is -2.55. The zero-order valence-corrected chi connectivity index (χ0v) is 7.05. The molecule has 1 atom stereocenters. The molecule has 1 unspecified atom stereocenters. The number of hydrogen-bond donors (Lipinski definition) is 3. The van der Waals surface area contributed by atoms with Crippen LogP contribution in [0.4, 0.5) is 4.79 Å². The fourth-order valence-corrected chi connectivity index (χ4v) is 1.24. The number of carbonyl (C=O) groups excluding carboxylic acids is 1. The van der Waals surface area contributed by atoms with Crippen molar-refractivity contribution in [3.05, 3.63) is 0 Å². The van der Waals surface area contributed by atoms with E-state index in [1.54, 1.807) is 13.8 Å². The summed E-state index contributed by atoms with van der Waals surface area (Å²) >= 11 is 0. The summed E-state index contributed by atoms with van der Waals surface area (Å²) in [5, 5.41) is 13.8. The first-order chi connectivity index (χ1) is 5.49. The van der Waals surface area contributed by atoms with E-state index in [9.17, 15) is 9.59 Å². The van der Waals surface area contributed by atoms with Crippen molar-refractivity contribution in [1.29, 1.82) is 0 Å². The molecule has 12 heavy (non-hydrogen) atoms. The Bertz CT molecular complexity index is 227. The number of carboxylic acids is 1. The van der Waals surface area contributed by atoms with E-state index in [-0.39, 0.29) is 12.5 Å². The van der Waals surface area contributed by atoms with E-state index in [1.165, 1.54) is 0 Å². The van der Waals surface area contributed by atoms with Gasteiger partial charge in [0.25, 0.3) is 0 Å². The molecule has 0 bridgehead atoms. The summed E-state index contributed by atoms with van der Waals surface area (Å²) in [4.78, 5) is 21.6. The van der Waals surface area contributed by atoms with Crippen LogP contribution in [-0.4, -0.2) is 29.2 Å². The Labute approximate surface area is 70.1 Å². The monoisotopic (exact) mass is 172 g/mol. The van der Waals surface area contributed by atoms with Crippen LogP contribution in [0.1, 0.15) is 13.8 Å². The van der Waals surface area contributed by atoms with Gasteiger partial charge < -0.3 is 15.7 Å². The maximum atomic E-state index is 10.9. The normalized spacial score (nSPS) is 28.4. The largest absolute Gasteiger partial charge is 0.479 e. The molecule has 68 valence electrons. The van der Waals surface area contributed by atoms with E-state index in [2.05, 4.69) is 10.6 Å². The van der Waals surface area contributed by atoms with Gasteiger partial charge in [0.15, 0.2) is 5.54 Å². The third-order valence-electron chi connectivity index (χ3n) is 2.23. The number of carboxylic acid groups (broad SMARTS) is 1. The summed E-state index contributed by atoms with van der Waals surface area (Å²) in [5.41, 5.74) is -1.13. The second kappa shape index (κ2) is 2.66. The molecule has 5 nitrogen and oxygen atoms in total. The molecule has 5 heteroatoms. The van der Waals surface area contributed by atoms with Crippen LogP contribution < -0.4 is 10.6 Å². The molecule has 0 aromatic heterocycles. The highest BCUT2D eigenvalue weighted by Crippen LogP contribution is 2.19. The van der Waals surface area contributed by atoms with Crippen LogP contribution in [0.25, 0.3) is 0 Å². The number of aliphatic carboxylic acids is 1. The molecule has 1 heterocycles. The zero-order valence-electron chi connectivity index (χ0n) is 7.05. The molecule has 0 spiro atoms. The van der Waals surface area contributed by atoms with Gasteiger partial charge in [0.2, 0.25) is 0 Å². The summed E-state index contributed by atoms with van der Waals surface area (Å²) in [6.07, 6.45) is 0. The quantitative estimate of drug-likeness (QED) is 0.538. The van der Waals surface area contributed by atoms with Gasteiger partial charge in [0.05, 0.1) is 6.54 Å². The molecule has 0 radical (unpaired) electrons. The third-order valence-corrected chi connectivity index (χ3v) is 2.23.